The summed E-state index contributed by atoms with van der Waals surface area (Å²) in [5.74, 6) is 0.368. The number of carbonyl (C=O) groups excluding carboxylic acids is 1. The lowest BCUT2D eigenvalue weighted by molar-refractivity contribution is -0.118. The number of rotatable bonds is 2. The monoisotopic (exact) mass is 306 g/mol. The highest BCUT2D eigenvalue weighted by atomic mass is 35.5. The number of carbonyl (C=O) groups is 1. The van der Waals surface area contributed by atoms with Crippen LogP contribution < -0.4 is 10.6 Å². The Balaban J connectivity index is 0.00000132. The molecule has 6 heteroatoms. The van der Waals surface area contributed by atoms with Gasteiger partial charge in [-0.2, -0.15) is 5.10 Å². The van der Waals surface area contributed by atoms with Gasteiger partial charge in [-0.05, 0) is 56.0 Å². The molecule has 1 saturated heterocycles. The Kier molecular flexibility index (Phi) is 3.63. The topological polar surface area (TPSA) is 69.8 Å². The van der Waals surface area contributed by atoms with Crippen molar-refractivity contribution in [2.75, 3.05) is 18.4 Å². The van der Waals surface area contributed by atoms with Gasteiger partial charge in [-0.25, -0.2) is 0 Å². The van der Waals surface area contributed by atoms with Gasteiger partial charge >= 0.3 is 0 Å². The van der Waals surface area contributed by atoms with Gasteiger partial charge in [0.2, 0.25) is 5.91 Å². The second-order valence-electron chi connectivity index (χ2n) is 6.03. The second-order valence-corrected chi connectivity index (χ2v) is 6.03. The molecule has 2 heterocycles. The van der Waals surface area contributed by atoms with Crippen molar-refractivity contribution in [1.29, 1.82) is 0 Å². The molecular formula is C15H19ClN4O. The Hall–Kier alpha value is -1.59. The third kappa shape index (κ3) is 2.51. The van der Waals surface area contributed by atoms with Crippen molar-refractivity contribution >= 4 is 34.9 Å². The van der Waals surface area contributed by atoms with Crippen LogP contribution in [0, 0.1) is 11.3 Å². The number of aromatic nitrogens is 2. The van der Waals surface area contributed by atoms with Crippen molar-refractivity contribution in [3.8, 4) is 0 Å². The Morgan fingerprint density at radius 3 is 2.95 bits per heavy atom. The number of fused-ring (bicyclic) bond motifs is 1. The summed E-state index contributed by atoms with van der Waals surface area (Å²) in [6.07, 6.45) is 5.09. The van der Waals surface area contributed by atoms with Gasteiger partial charge in [0.15, 0.2) is 0 Å². The van der Waals surface area contributed by atoms with Crippen LogP contribution in [0.15, 0.2) is 24.4 Å². The Morgan fingerprint density at radius 2 is 2.14 bits per heavy atom. The van der Waals surface area contributed by atoms with Crippen LogP contribution in [0.1, 0.15) is 19.3 Å². The van der Waals surface area contributed by atoms with Crippen LogP contribution in [0.4, 0.5) is 5.69 Å². The maximum absolute atomic E-state index is 12.4. The standard InChI is InChI=1S/C15H18N4O.ClH/c20-14(12-8-15(12)3-5-16-6-4-15)18-11-2-1-10-9-17-19-13(10)7-11;/h1-2,7,9,12,16H,3-6,8H2,(H,17,19)(H,18,20);1H. The Labute approximate surface area is 129 Å². The van der Waals surface area contributed by atoms with Gasteiger partial charge in [0.1, 0.15) is 0 Å². The molecule has 3 N–H and O–H groups in total. The van der Waals surface area contributed by atoms with Crippen molar-refractivity contribution in [3.05, 3.63) is 24.4 Å². The second kappa shape index (κ2) is 5.31. The fourth-order valence-electron chi connectivity index (χ4n) is 3.44. The normalized spacial score (nSPS) is 22.8. The quantitative estimate of drug-likeness (QED) is 0.797. The minimum atomic E-state index is 0. The molecule has 1 unspecified atom stereocenters. The maximum Gasteiger partial charge on any atom is 0.228 e. The molecule has 1 saturated carbocycles. The van der Waals surface area contributed by atoms with E-state index in [0.717, 1.165) is 48.9 Å². The molecule has 1 aliphatic carbocycles. The zero-order valence-corrected chi connectivity index (χ0v) is 12.5. The molecule has 4 rings (SSSR count). The van der Waals surface area contributed by atoms with Crippen LogP contribution in [0.2, 0.25) is 0 Å². The van der Waals surface area contributed by atoms with Gasteiger partial charge in [-0.3, -0.25) is 9.89 Å². The van der Waals surface area contributed by atoms with Gasteiger partial charge in [0.05, 0.1) is 11.7 Å². The van der Waals surface area contributed by atoms with E-state index in [0.29, 0.717) is 0 Å². The molecule has 0 bridgehead atoms. The van der Waals surface area contributed by atoms with Crippen molar-refractivity contribution in [2.24, 2.45) is 11.3 Å². The van der Waals surface area contributed by atoms with Crippen molar-refractivity contribution < 1.29 is 4.79 Å². The summed E-state index contributed by atoms with van der Waals surface area (Å²) >= 11 is 0. The molecular weight excluding hydrogens is 288 g/mol. The van der Waals surface area contributed by atoms with Crippen LogP contribution in [0.5, 0.6) is 0 Å². The van der Waals surface area contributed by atoms with Crippen molar-refractivity contribution in [1.82, 2.24) is 15.5 Å². The summed E-state index contributed by atoms with van der Waals surface area (Å²) < 4.78 is 0. The molecule has 0 radical (unpaired) electrons. The Bertz CT molecular complexity index is 662. The summed E-state index contributed by atoms with van der Waals surface area (Å²) in [6.45, 7) is 2.09. The first-order valence-electron chi connectivity index (χ1n) is 7.22. The molecule has 5 nitrogen and oxygen atoms in total. The molecule has 21 heavy (non-hydrogen) atoms. The summed E-state index contributed by atoms with van der Waals surface area (Å²) in [5.41, 5.74) is 2.09. The molecule has 1 amide bonds. The van der Waals surface area contributed by atoms with E-state index >= 15 is 0 Å². The van der Waals surface area contributed by atoms with E-state index in [1.54, 1.807) is 6.20 Å². The van der Waals surface area contributed by atoms with Gasteiger partial charge < -0.3 is 10.6 Å². The smallest absolute Gasteiger partial charge is 0.228 e. The number of amides is 1. The predicted molar refractivity (Wildman–Crippen MR) is 84.6 cm³/mol. The zero-order chi connectivity index (χ0) is 13.6. The molecule has 2 fully saturated rings. The van der Waals surface area contributed by atoms with Crippen LogP contribution in [0.3, 0.4) is 0 Å². The van der Waals surface area contributed by atoms with Gasteiger partial charge in [-0.1, -0.05) is 0 Å². The maximum atomic E-state index is 12.4. The number of aromatic amines is 1. The fraction of sp³-hybridized carbons (Fsp3) is 0.467. The molecule has 1 atom stereocenters. The lowest BCUT2D eigenvalue weighted by Crippen LogP contribution is -2.31. The highest BCUT2D eigenvalue weighted by Crippen LogP contribution is 2.58. The van der Waals surface area contributed by atoms with Crippen molar-refractivity contribution in [3.63, 3.8) is 0 Å². The van der Waals surface area contributed by atoms with E-state index in [9.17, 15) is 4.79 Å². The van der Waals surface area contributed by atoms with E-state index in [2.05, 4.69) is 20.8 Å². The number of hydrogen-bond donors (Lipinski definition) is 3. The third-order valence-corrected chi connectivity index (χ3v) is 4.82. The number of nitrogens with one attached hydrogen (secondary N) is 3. The van der Waals surface area contributed by atoms with Gasteiger partial charge in [0.25, 0.3) is 0 Å². The first-order valence-corrected chi connectivity index (χ1v) is 7.22. The van der Waals surface area contributed by atoms with Crippen molar-refractivity contribution in [2.45, 2.75) is 19.3 Å². The average molecular weight is 307 g/mol. The van der Waals surface area contributed by atoms with Crippen LogP contribution in [-0.4, -0.2) is 29.2 Å². The molecule has 1 aromatic heterocycles. The lowest BCUT2D eigenvalue weighted by atomic mass is 9.92. The number of piperidine rings is 1. The average Bonchev–Trinajstić information content (AvgIpc) is 2.96. The first-order chi connectivity index (χ1) is 9.77. The summed E-state index contributed by atoms with van der Waals surface area (Å²) in [5, 5.41) is 14.4. The highest BCUT2D eigenvalue weighted by Gasteiger charge is 2.57. The minimum Gasteiger partial charge on any atom is -0.326 e. The number of halogens is 1. The summed E-state index contributed by atoms with van der Waals surface area (Å²) in [6, 6.07) is 5.85. The third-order valence-electron chi connectivity index (χ3n) is 4.82. The van der Waals surface area contributed by atoms with E-state index in [-0.39, 0.29) is 29.6 Å². The van der Waals surface area contributed by atoms with Crippen LogP contribution in [0.25, 0.3) is 10.9 Å². The fourth-order valence-corrected chi connectivity index (χ4v) is 3.44. The minimum absolute atomic E-state index is 0. The zero-order valence-electron chi connectivity index (χ0n) is 11.7. The number of benzene rings is 1. The molecule has 2 aliphatic rings. The van der Waals surface area contributed by atoms with E-state index in [4.69, 9.17) is 0 Å². The largest absolute Gasteiger partial charge is 0.326 e. The molecule has 2 aromatic rings. The number of H-pyrrole nitrogens is 1. The van der Waals surface area contributed by atoms with E-state index < -0.39 is 0 Å². The molecule has 1 aromatic carbocycles. The van der Waals surface area contributed by atoms with Crippen LogP contribution >= 0.6 is 12.4 Å². The van der Waals surface area contributed by atoms with Gasteiger partial charge in [-0.15, -0.1) is 12.4 Å². The number of nitrogens with zero attached hydrogens (tertiary/aromatic N) is 1. The predicted octanol–water partition coefficient (Wildman–Crippen LogP) is 2.31. The van der Waals surface area contributed by atoms with E-state index in [1.165, 1.54) is 0 Å². The molecule has 1 aliphatic heterocycles. The summed E-state index contributed by atoms with van der Waals surface area (Å²) in [7, 11) is 0. The number of hydrogen-bond acceptors (Lipinski definition) is 3. The molecule has 112 valence electrons. The number of anilines is 1. The lowest BCUT2D eigenvalue weighted by Gasteiger charge is -2.23. The Morgan fingerprint density at radius 1 is 1.33 bits per heavy atom. The van der Waals surface area contributed by atoms with Crippen LogP contribution in [-0.2, 0) is 4.79 Å². The SMILES string of the molecule is Cl.O=C(Nc1ccc2cn[nH]c2c1)C1CC12CCNCC2. The van der Waals surface area contributed by atoms with E-state index in [1.807, 2.05) is 18.2 Å². The summed E-state index contributed by atoms with van der Waals surface area (Å²) in [4.78, 5) is 12.4. The first kappa shape index (κ1) is 14.4. The molecule has 1 spiro atoms. The van der Waals surface area contributed by atoms with Gasteiger partial charge in [0, 0.05) is 17.0 Å². The highest BCUT2D eigenvalue weighted by molar-refractivity contribution is 5.96.